The molecule has 6 nitrogen and oxygen atoms in total. The van der Waals surface area contributed by atoms with Crippen molar-refractivity contribution in [3.63, 3.8) is 0 Å². The normalized spacial score (nSPS) is 12.2. The van der Waals surface area contributed by atoms with Crippen LogP contribution in [0, 0.1) is 0 Å². The number of nitrogen functional groups attached to an aromatic ring is 1. The predicted octanol–water partition coefficient (Wildman–Crippen LogP) is 0.0916. The number of aliphatic hydroxyl groups excluding tert-OH is 1. The van der Waals surface area contributed by atoms with Gasteiger partial charge >= 0.3 is 0 Å². The first-order valence-corrected chi connectivity index (χ1v) is 4.88. The van der Waals surface area contributed by atoms with Crippen molar-refractivity contribution in [1.29, 1.82) is 0 Å². The highest BCUT2D eigenvalue weighted by molar-refractivity contribution is 5.62. The Hall–Kier alpha value is -1.53. The van der Waals surface area contributed by atoms with E-state index in [1.165, 1.54) is 7.11 Å². The second-order valence-electron chi connectivity index (χ2n) is 3.27. The van der Waals surface area contributed by atoms with Crippen LogP contribution in [0.5, 0.6) is 5.88 Å². The molecule has 0 bridgehead atoms. The molecule has 1 unspecified atom stereocenters. The van der Waals surface area contributed by atoms with Crippen LogP contribution < -0.4 is 15.8 Å². The van der Waals surface area contributed by atoms with E-state index in [2.05, 4.69) is 10.3 Å². The standard InChI is InChI=1S/C10H17N3O3/c1-15-6-7(5-14)12-10-8(11)3-4-9(13-10)16-2/h3-4,7,14H,5-6,11H2,1-2H3,(H,12,13). The van der Waals surface area contributed by atoms with Crippen LogP contribution in [0.1, 0.15) is 0 Å². The van der Waals surface area contributed by atoms with Gasteiger partial charge in [0.15, 0.2) is 5.82 Å². The molecular formula is C10H17N3O3. The molecule has 0 spiro atoms. The molecule has 0 radical (unpaired) electrons. The van der Waals surface area contributed by atoms with Gasteiger partial charge < -0.3 is 25.6 Å². The first kappa shape index (κ1) is 12.5. The molecule has 0 amide bonds. The number of rotatable bonds is 6. The third-order valence-electron chi connectivity index (χ3n) is 2.04. The van der Waals surface area contributed by atoms with E-state index in [4.69, 9.17) is 20.3 Å². The van der Waals surface area contributed by atoms with E-state index >= 15 is 0 Å². The molecule has 0 aromatic carbocycles. The van der Waals surface area contributed by atoms with Crippen LogP contribution in [0.4, 0.5) is 11.5 Å². The zero-order valence-electron chi connectivity index (χ0n) is 9.43. The van der Waals surface area contributed by atoms with Gasteiger partial charge in [-0.2, -0.15) is 4.98 Å². The lowest BCUT2D eigenvalue weighted by molar-refractivity contribution is 0.153. The number of anilines is 2. The fourth-order valence-electron chi connectivity index (χ4n) is 1.22. The Balaban J connectivity index is 2.77. The second-order valence-corrected chi connectivity index (χ2v) is 3.27. The third kappa shape index (κ3) is 3.25. The maximum atomic E-state index is 9.09. The van der Waals surface area contributed by atoms with Crippen molar-refractivity contribution in [2.45, 2.75) is 6.04 Å². The van der Waals surface area contributed by atoms with Gasteiger partial charge in [-0.25, -0.2) is 0 Å². The number of methoxy groups -OCH3 is 2. The van der Waals surface area contributed by atoms with Gasteiger partial charge in [0.2, 0.25) is 5.88 Å². The molecule has 16 heavy (non-hydrogen) atoms. The molecule has 1 rings (SSSR count). The summed E-state index contributed by atoms with van der Waals surface area (Å²) >= 11 is 0. The average molecular weight is 227 g/mol. The van der Waals surface area contributed by atoms with Gasteiger partial charge in [-0.05, 0) is 6.07 Å². The van der Waals surface area contributed by atoms with Gasteiger partial charge in [0.25, 0.3) is 0 Å². The maximum Gasteiger partial charge on any atom is 0.215 e. The lowest BCUT2D eigenvalue weighted by Crippen LogP contribution is -2.29. The highest BCUT2D eigenvalue weighted by Crippen LogP contribution is 2.20. The minimum atomic E-state index is -0.244. The molecule has 90 valence electrons. The molecule has 0 aliphatic heterocycles. The van der Waals surface area contributed by atoms with Crippen LogP contribution in [-0.4, -0.2) is 43.6 Å². The molecule has 1 aromatic rings. The zero-order valence-corrected chi connectivity index (χ0v) is 9.43. The maximum absolute atomic E-state index is 9.09. The van der Waals surface area contributed by atoms with Crippen LogP contribution in [0.25, 0.3) is 0 Å². The van der Waals surface area contributed by atoms with Gasteiger partial charge in [-0.3, -0.25) is 0 Å². The van der Waals surface area contributed by atoms with Gasteiger partial charge in [0.05, 0.1) is 32.1 Å². The highest BCUT2D eigenvalue weighted by atomic mass is 16.5. The molecular weight excluding hydrogens is 210 g/mol. The van der Waals surface area contributed by atoms with E-state index in [9.17, 15) is 0 Å². The summed E-state index contributed by atoms with van der Waals surface area (Å²) in [7, 11) is 3.09. The summed E-state index contributed by atoms with van der Waals surface area (Å²) in [5.74, 6) is 0.946. The molecule has 0 aliphatic carbocycles. The summed E-state index contributed by atoms with van der Waals surface area (Å²) in [6.45, 7) is 0.307. The summed E-state index contributed by atoms with van der Waals surface area (Å²) in [4.78, 5) is 4.14. The van der Waals surface area contributed by atoms with Crippen molar-refractivity contribution < 1.29 is 14.6 Å². The van der Waals surface area contributed by atoms with Crippen molar-refractivity contribution in [3.8, 4) is 5.88 Å². The van der Waals surface area contributed by atoms with Crippen LogP contribution in [0.15, 0.2) is 12.1 Å². The van der Waals surface area contributed by atoms with Gasteiger partial charge in [-0.1, -0.05) is 0 Å². The smallest absolute Gasteiger partial charge is 0.215 e. The molecule has 4 N–H and O–H groups in total. The summed E-state index contributed by atoms with van der Waals surface area (Å²) < 4.78 is 9.93. The number of nitrogens with zero attached hydrogens (tertiary/aromatic N) is 1. The number of nitrogens with two attached hydrogens (primary N) is 1. The van der Waals surface area contributed by atoms with Gasteiger partial charge in [0.1, 0.15) is 0 Å². The number of aliphatic hydroxyl groups is 1. The van der Waals surface area contributed by atoms with Gasteiger partial charge in [-0.15, -0.1) is 0 Å². The summed E-state index contributed by atoms with van der Waals surface area (Å²) in [5.41, 5.74) is 6.24. The van der Waals surface area contributed by atoms with Crippen molar-refractivity contribution in [1.82, 2.24) is 4.98 Å². The first-order chi connectivity index (χ1) is 7.71. The van der Waals surface area contributed by atoms with Crippen molar-refractivity contribution in [3.05, 3.63) is 12.1 Å². The van der Waals surface area contributed by atoms with Crippen LogP contribution >= 0.6 is 0 Å². The van der Waals surface area contributed by atoms with E-state index in [-0.39, 0.29) is 12.6 Å². The topological polar surface area (TPSA) is 89.6 Å². The molecule has 0 aliphatic rings. The summed E-state index contributed by atoms with van der Waals surface area (Å²) in [6.07, 6.45) is 0. The van der Waals surface area contributed by atoms with Crippen molar-refractivity contribution >= 4 is 11.5 Å². The Morgan fingerprint density at radius 3 is 2.81 bits per heavy atom. The molecule has 1 atom stereocenters. The van der Waals surface area contributed by atoms with E-state index in [1.807, 2.05) is 0 Å². The number of pyridine rings is 1. The van der Waals surface area contributed by atoms with E-state index in [0.29, 0.717) is 24.0 Å². The zero-order chi connectivity index (χ0) is 12.0. The monoisotopic (exact) mass is 227 g/mol. The van der Waals surface area contributed by atoms with E-state index in [0.717, 1.165) is 0 Å². The quantitative estimate of drug-likeness (QED) is 0.638. The van der Waals surface area contributed by atoms with E-state index < -0.39 is 0 Å². The third-order valence-corrected chi connectivity index (χ3v) is 2.04. The Labute approximate surface area is 94.4 Å². The number of nitrogens with one attached hydrogen (secondary N) is 1. The molecule has 0 fully saturated rings. The van der Waals surface area contributed by atoms with Crippen LogP contribution in [0.2, 0.25) is 0 Å². The molecule has 1 heterocycles. The lowest BCUT2D eigenvalue weighted by atomic mass is 10.3. The lowest BCUT2D eigenvalue weighted by Gasteiger charge is -2.17. The fourth-order valence-corrected chi connectivity index (χ4v) is 1.22. The van der Waals surface area contributed by atoms with Crippen LogP contribution in [0.3, 0.4) is 0 Å². The summed E-state index contributed by atoms with van der Waals surface area (Å²) in [5, 5.41) is 12.1. The second kappa shape index (κ2) is 6.14. The molecule has 1 aromatic heterocycles. The first-order valence-electron chi connectivity index (χ1n) is 4.88. The number of hydrogen-bond donors (Lipinski definition) is 3. The average Bonchev–Trinajstić information content (AvgIpc) is 2.31. The number of hydrogen-bond acceptors (Lipinski definition) is 6. The van der Waals surface area contributed by atoms with Crippen molar-refractivity contribution in [2.75, 3.05) is 38.5 Å². The Morgan fingerprint density at radius 2 is 2.25 bits per heavy atom. The van der Waals surface area contributed by atoms with E-state index in [1.54, 1.807) is 19.2 Å². The molecule has 0 saturated carbocycles. The predicted molar refractivity (Wildman–Crippen MR) is 61.6 cm³/mol. The Morgan fingerprint density at radius 1 is 1.50 bits per heavy atom. The Bertz CT molecular complexity index is 333. The van der Waals surface area contributed by atoms with Crippen molar-refractivity contribution in [2.24, 2.45) is 0 Å². The number of aromatic nitrogens is 1. The van der Waals surface area contributed by atoms with Gasteiger partial charge in [0, 0.05) is 13.2 Å². The highest BCUT2D eigenvalue weighted by Gasteiger charge is 2.10. The summed E-state index contributed by atoms with van der Waals surface area (Å²) in [6, 6.07) is 3.12. The molecule has 0 saturated heterocycles. The largest absolute Gasteiger partial charge is 0.481 e. The fraction of sp³-hybridized carbons (Fsp3) is 0.500. The minimum absolute atomic E-state index is 0.0633. The van der Waals surface area contributed by atoms with Crippen LogP contribution in [-0.2, 0) is 4.74 Å². The molecule has 6 heteroatoms. The Kier molecular flexibility index (Phi) is 4.81. The minimum Gasteiger partial charge on any atom is -0.481 e. The SMILES string of the molecule is COCC(CO)Nc1nc(OC)ccc1N. The number of ether oxygens (including phenoxy) is 2.